The molecule has 2 heteroatoms. The lowest BCUT2D eigenvalue weighted by Gasteiger charge is -2.43. The van der Waals surface area contributed by atoms with E-state index in [0.29, 0.717) is 5.92 Å². The van der Waals surface area contributed by atoms with Crippen LogP contribution in [-0.4, -0.2) is 18.8 Å². The van der Waals surface area contributed by atoms with Crippen LogP contribution in [-0.2, 0) is 4.74 Å². The second-order valence-electron chi connectivity index (χ2n) is 5.69. The Morgan fingerprint density at radius 3 is 2.27 bits per heavy atom. The molecule has 0 aromatic carbocycles. The molecule has 0 radical (unpaired) electrons. The maximum absolute atomic E-state index is 6.32. The predicted molar refractivity (Wildman–Crippen MR) is 64.8 cm³/mol. The first-order chi connectivity index (χ1) is 7.00. The Labute approximate surface area is 94.6 Å². The number of rotatable bonds is 4. The lowest BCUT2D eigenvalue weighted by atomic mass is 9.74. The quantitative estimate of drug-likeness (QED) is 0.779. The van der Waals surface area contributed by atoms with Crippen molar-refractivity contribution in [3.63, 3.8) is 0 Å². The van der Waals surface area contributed by atoms with Gasteiger partial charge in [-0.15, -0.1) is 0 Å². The molecule has 2 N–H and O–H groups in total. The van der Waals surface area contributed by atoms with Gasteiger partial charge in [0.15, 0.2) is 0 Å². The summed E-state index contributed by atoms with van der Waals surface area (Å²) >= 11 is 0. The molecule has 1 aliphatic carbocycles. The molecule has 1 rings (SSSR count). The van der Waals surface area contributed by atoms with Gasteiger partial charge in [-0.25, -0.2) is 0 Å². The third-order valence-corrected chi connectivity index (χ3v) is 3.93. The minimum absolute atomic E-state index is 0.0310. The van der Waals surface area contributed by atoms with Gasteiger partial charge in [0, 0.05) is 13.2 Å². The van der Waals surface area contributed by atoms with Crippen molar-refractivity contribution in [3.05, 3.63) is 0 Å². The molecule has 2 nitrogen and oxygen atoms in total. The van der Waals surface area contributed by atoms with Gasteiger partial charge in [-0.3, -0.25) is 0 Å². The standard InChI is InChI=1S/C13H27NO/c1-10(2)9-12(14)13(15-4)7-5-11(3)6-8-13/h10-12H,5-9,14H2,1-4H3. The summed E-state index contributed by atoms with van der Waals surface area (Å²) in [6.45, 7) is 6.79. The van der Waals surface area contributed by atoms with Gasteiger partial charge in [0.2, 0.25) is 0 Å². The van der Waals surface area contributed by atoms with Crippen molar-refractivity contribution in [2.45, 2.75) is 64.5 Å². The summed E-state index contributed by atoms with van der Waals surface area (Å²) in [5.41, 5.74) is 6.28. The zero-order valence-electron chi connectivity index (χ0n) is 10.8. The van der Waals surface area contributed by atoms with E-state index in [9.17, 15) is 0 Å². The molecular formula is C13H27NO. The smallest absolute Gasteiger partial charge is 0.0829 e. The predicted octanol–water partition coefficient (Wildman–Crippen LogP) is 2.96. The summed E-state index contributed by atoms with van der Waals surface area (Å²) < 4.78 is 5.76. The molecule has 0 saturated heterocycles. The zero-order chi connectivity index (χ0) is 11.5. The van der Waals surface area contributed by atoms with E-state index < -0.39 is 0 Å². The van der Waals surface area contributed by atoms with Crippen LogP contribution in [0.5, 0.6) is 0 Å². The van der Waals surface area contributed by atoms with E-state index in [1.807, 2.05) is 7.11 Å². The van der Waals surface area contributed by atoms with Crippen LogP contribution in [0.2, 0.25) is 0 Å². The number of hydrogen-bond acceptors (Lipinski definition) is 2. The Balaban J connectivity index is 2.59. The average Bonchev–Trinajstić information content (AvgIpc) is 2.18. The molecule has 0 amide bonds. The van der Waals surface area contributed by atoms with Crippen molar-refractivity contribution in [1.29, 1.82) is 0 Å². The van der Waals surface area contributed by atoms with Gasteiger partial charge in [-0.05, 0) is 43.9 Å². The van der Waals surface area contributed by atoms with Crippen LogP contribution >= 0.6 is 0 Å². The van der Waals surface area contributed by atoms with Crippen LogP contribution in [0.15, 0.2) is 0 Å². The third-order valence-electron chi connectivity index (χ3n) is 3.93. The monoisotopic (exact) mass is 213 g/mol. The first-order valence-corrected chi connectivity index (χ1v) is 6.31. The average molecular weight is 213 g/mol. The molecule has 0 aliphatic heterocycles. The van der Waals surface area contributed by atoms with Crippen molar-refractivity contribution >= 4 is 0 Å². The van der Waals surface area contributed by atoms with Crippen LogP contribution in [0.25, 0.3) is 0 Å². The Hall–Kier alpha value is -0.0800. The summed E-state index contributed by atoms with van der Waals surface area (Å²) in [4.78, 5) is 0. The van der Waals surface area contributed by atoms with E-state index in [2.05, 4.69) is 20.8 Å². The van der Waals surface area contributed by atoms with Crippen molar-refractivity contribution in [1.82, 2.24) is 0 Å². The lowest BCUT2D eigenvalue weighted by molar-refractivity contribution is -0.0698. The van der Waals surface area contributed by atoms with Gasteiger partial charge in [-0.2, -0.15) is 0 Å². The van der Waals surface area contributed by atoms with E-state index in [-0.39, 0.29) is 11.6 Å². The molecule has 0 bridgehead atoms. The van der Waals surface area contributed by atoms with Gasteiger partial charge in [-0.1, -0.05) is 20.8 Å². The third kappa shape index (κ3) is 3.18. The molecule has 0 aromatic rings. The Kier molecular flexibility index (Phi) is 4.60. The highest BCUT2D eigenvalue weighted by atomic mass is 16.5. The van der Waals surface area contributed by atoms with Gasteiger partial charge in [0.1, 0.15) is 0 Å². The van der Waals surface area contributed by atoms with Gasteiger partial charge >= 0.3 is 0 Å². The van der Waals surface area contributed by atoms with Gasteiger partial charge in [0.25, 0.3) is 0 Å². The van der Waals surface area contributed by atoms with Crippen molar-refractivity contribution in [2.75, 3.05) is 7.11 Å². The first kappa shape index (κ1) is 13.0. The fraction of sp³-hybridized carbons (Fsp3) is 1.00. The number of methoxy groups -OCH3 is 1. The number of nitrogens with two attached hydrogens (primary N) is 1. The molecule has 90 valence electrons. The zero-order valence-corrected chi connectivity index (χ0v) is 10.8. The molecule has 0 spiro atoms. The summed E-state index contributed by atoms with van der Waals surface area (Å²) in [7, 11) is 1.83. The molecular weight excluding hydrogens is 186 g/mol. The highest BCUT2D eigenvalue weighted by Gasteiger charge is 2.39. The molecule has 1 atom stereocenters. The number of ether oxygens (including phenoxy) is 1. The maximum Gasteiger partial charge on any atom is 0.0829 e. The summed E-state index contributed by atoms with van der Waals surface area (Å²) in [5.74, 6) is 1.51. The van der Waals surface area contributed by atoms with Gasteiger partial charge < -0.3 is 10.5 Å². The minimum atomic E-state index is -0.0310. The second kappa shape index (κ2) is 5.31. The van der Waals surface area contributed by atoms with Crippen LogP contribution in [0, 0.1) is 11.8 Å². The van der Waals surface area contributed by atoms with Crippen LogP contribution in [0.1, 0.15) is 52.9 Å². The summed E-state index contributed by atoms with van der Waals surface area (Å²) in [6, 6.07) is 0.204. The fourth-order valence-corrected chi connectivity index (χ4v) is 2.70. The Morgan fingerprint density at radius 2 is 1.87 bits per heavy atom. The van der Waals surface area contributed by atoms with Crippen LogP contribution in [0.3, 0.4) is 0 Å². The highest BCUT2D eigenvalue weighted by Crippen LogP contribution is 2.37. The molecule has 0 heterocycles. The van der Waals surface area contributed by atoms with E-state index in [0.717, 1.165) is 25.2 Å². The van der Waals surface area contributed by atoms with Crippen molar-refractivity contribution in [2.24, 2.45) is 17.6 Å². The Bertz CT molecular complexity index is 183. The molecule has 1 unspecified atom stereocenters. The first-order valence-electron chi connectivity index (χ1n) is 6.31. The van der Waals surface area contributed by atoms with E-state index >= 15 is 0 Å². The summed E-state index contributed by atoms with van der Waals surface area (Å²) in [5, 5.41) is 0. The highest BCUT2D eigenvalue weighted by molar-refractivity contribution is 4.95. The SMILES string of the molecule is COC1(C(N)CC(C)C)CCC(C)CC1. The molecule has 15 heavy (non-hydrogen) atoms. The summed E-state index contributed by atoms with van der Waals surface area (Å²) in [6.07, 6.45) is 5.87. The normalized spacial score (nSPS) is 34.4. The lowest BCUT2D eigenvalue weighted by Crippen LogP contribution is -2.52. The van der Waals surface area contributed by atoms with Crippen molar-refractivity contribution < 1.29 is 4.74 Å². The minimum Gasteiger partial charge on any atom is -0.377 e. The molecule has 0 aromatic heterocycles. The maximum atomic E-state index is 6.32. The van der Waals surface area contributed by atoms with Crippen LogP contribution in [0.4, 0.5) is 0 Å². The second-order valence-corrected chi connectivity index (χ2v) is 5.69. The largest absolute Gasteiger partial charge is 0.377 e. The van der Waals surface area contributed by atoms with E-state index in [1.54, 1.807) is 0 Å². The molecule has 1 saturated carbocycles. The Morgan fingerprint density at radius 1 is 1.33 bits per heavy atom. The topological polar surface area (TPSA) is 35.2 Å². The van der Waals surface area contributed by atoms with Crippen molar-refractivity contribution in [3.8, 4) is 0 Å². The van der Waals surface area contributed by atoms with Gasteiger partial charge in [0.05, 0.1) is 5.60 Å². The van der Waals surface area contributed by atoms with E-state index in [4.69, 9.17) is 10.5 Å². The number of hydrogen-bond donors (Lipinski definition) is 1. The van der Waals surface area contributed by atoms with E-state index in [1.165, 1.54) is 12.8 Å². The molecule has 1 fully saturated rings. The van der Waals surface area contributed by atoms with Crippen LogP contribution < -0.4 is 5.73 Å². The molecule has 1 aliphatic rings. The fourth-order valence-electron chi connectivity index (χ4n) is 2.70.